The Kier molecular flexibility index (Phi) is 6.32. The van der Waals surface area contributed by atoms with Crippen molar-refractivity contribution in [3.63, 3.8) is 0 Å². The fourth-order valence-electron chi connectivity index (χ4n) is 2.40. The largest absolute Gasteiger partial charge is 0.485 e. The van der Waals surface area contributed by atoms with E-state index in [1.807, 2.05) is 12.1 Å². The van der Waals surface area contributed by atoms with Crippen LogP contribution >= 0.6 is 23.2 Å². The molecule has 2 aromatic carbocycles. The minimum Gasteiger partial charge on any atom is -0.485 e. The zero-order valence-electron chi connectivity index (χ0n) is 14.5. The Morgan fingerprint density at radius 3 is 2.67 bits per heavy atom. The molecule has 1 N–H and O–H groups in total. The number of benzene rings is 2. The molecule has 6 nitrogen and oxygen atoms in total. The summed E-state index contributed by atoms with van der Waals surface area (Å²) in [4.78, 5) is 16.3. The van der Waals surface area contributed by atoms with E-state index in [1.54, 1.807) is 37.3 Å². The highest BCUT2D eigenvalue weighted by molar-refractivity contribution is 6.42. The number of rotatable bonds is 7. The third kappa shape index (κ3) is 5.21. The van der Waals surface area contributed by atoms with Crippen molar-refractivity contribution in [3.05, 3.63) is 75.4 Å². The topological polar surface area (TPSA) is 77.2 Å². The summed E-state index contributed by atoms with van der Waals surface area (Å²) in [5.74, 6) is 1.39. The third-order valence-corrected chi connectivity index (χ3v) is 4.62. The molecule has 0 saturated carbocycles. The van der Waals surface area contributed by atoms with Crippen LogP contribution in [0.3, 0.4) is 0 Å². The van der Waals surface area contributed by atoms with E-state index in [9.17, 15) is 4.79 Å². The molecule has 0 saturated heterocycles. The van der Waals surface area contributed by atoms with E-state index < -0.39 is 0 Å². The zero-order valence-corrected chi connectivity index (χ0v) is 16.0. The summed E-state index contributed by atoms with van der Waals surface area (Å²) in [6, 6.07) is 12.3. The molecule has 0 unspecified atom stereocenters. The van der Waals surface area contributed by atoms with Gasteiger partial charge in [-0.2, -0.15) is 4.98 Å². The van der Waals surface area contributed by atoms with Crippen LogP contribution in [0.25, 0.3) is 0 Å². The quantitative estimate of drug-likeness (QED) is 0.635. The van der Waals surface area contributed by atoms with E-state index in [2.05, 4.69) is 15.5 Å². The van der Waals surface area contributed by atoms with Crippen LogP contribution in [-0.2, 0) is 13.0 Å². The second kappa shape index (κ2) is 8.88. The number of aryl methyl sites for hydroxylation is 1. The second-order valence-electron chi connectivity index (χ2n) is 5.76. The number of aromatic nitrogens is 2. The maximum Gasteiger partial charge on any atom is 0.251 e. The summed E-state index contributed by atoms with van der Waals surface area (Å²) >= 11 is 12.1. The number of nitrogens with one attached hydrogen (secondary N) is 1. The predicted molar refractivity (Wildman–Crippen MR) is 102 cm³/mol. The maximum absolute atomic E-state index is 12.2. The van der Waals surface area contributed by atoms with Crippen molar-refractivity contribution in [2.45, 2.75) is 20.0 Å². The van der Waals surface area contributed by atoms with Crippen LogP contribution in [0.2, 0.25) is 10.0 Å². The Morgan fingerprint density at radius 1 is 1.19 bits per heavy atom. The van der Waals surface area contributed by atoms with E-state index in [0.717, 1.165) is 5.56 Å². The second-order valence-corrected chi connectivity index (χ2v) is 6.55. The average molecular weight is 406 g/mol. The number of nitrogens with zero attached hydrogens (tertiary/aromatic N) is 2. The molecule has 0 fully saturated rings. The molecule has 0 radical (unpaired) electrons. The lowest BCUT2D eigenvalue weighted by Crippen LogP contribution is -2.25. The monoisotopic (exact) mass is 405 g/mol. The van der Waals surface area contributed by atoms with Gasteiger partial charge in [0, 0.05) is 19.0 Å². The van der Waals surface area contributed by atoms with Gasteiger partial charge in [-0.1, -0.05) is 40.5 Å². The number of hydrogen-bond acceptors (Lipinski definition) is 5. The van der Waals surface area contributed by atoms with Gasteiger partial charge in [0.2, 0.25) is 11.7 Å². The van der Waals surface area contributed by atoms with Gasteiger partial charge in [0.05, 0.1) is 10.0 Å². The normalized spacial score (nSPS) is 10.6. The molecule has 0 aliphatic heterocycles. The SMILES string of the molecule is Cc1nc(COc2ccc(C(=O)NCCc3cccc(Cl)c3Cl)cc2)no1. The summed E-state index contributed by atoms with van der Waals surface area (Å²) in [5.41, 5.74) is 1.43. The lowest BCUT2D eigenvalue weighted by Gasteiger charge is -2.08. The lowest BCUT2D eigenvalue weighted by molar-refractivity contribution is 0.0954. The van der Waals surface area contributed by atoms with Crippen LogP contribution in [0.4, 0.5) is 0 Å². The number of halogens is 2. The van der Waals surface area contributed by atoms with Gasteiger partial charge >= 0.3 is 0 Å². The predicted octanol–water partition coefficient (Wildman–Crippen LogP) is 4.24. The number of carbonyl (C=O) groups is 1. The van der Waals surface area contributed by atoms with Crippen molar-refractivity contribution >= 4 is 29.1 Å². The number of ether oxygens (including phenoxy) is 1. The fraction of sp³-hybridized carbons (Fsp3) is 0.211. The molecule has 1 heterocycles. The van der Waals surface area contributed by atoms with Crippen LogP contribution in [0.15, 0.2) is 47.0 Å². The van der Waals surface area contributed by atoms with Gasteiger partial charge in [-0.15, -0.1) is 0 Å². The first-order valence-electron chi connectivity index (χ1n) is 8.26. The Morgan fingerprint density at radius 2 is 1.96 bits per heavy atom. The van der Waals surface area contributed by atoms with Crippen molar-refractivity contribution in [1.29, 1.82) is 0 Å². The van der Waals surface area contributed by atoms with E-state index in [0.29, 0.717) is 46.0 Å². The molecule has 3 aromatic rings. The molecular weight excluding hydrogens is 389 g/mol. The van der Waals surface area contributed by atoms with Crippen LogP contribution < -0.4 is 10.1 Å². The molecule has 0 aliphatic rings. The van der Waals surface area contributed by atoms with Crippen molar-refractivity contribution in [2.24, 2.45) is 0 Å². The summed E-state index contributed by atoms with van der Waals surface area (Å²) in [5, 5.41) is 7.64. The van der Waals surface area contributed by atoms with Crippen LogP contribution in [0, 0.1) is 6.92 Å². The molecule has 8 heteroatoms. The van der Waals surface area contributed by atoms with Crippen LogP contribution in [0.1, 0.15) is 27.6 Å². The number of hydrogen-bond donors (Lipinski definition) is 1. The maximum atomic E-state index is 12.2. The van der Waals surface area contributed by atoms with Gasteiger partial charge in [-0.05, 0) is 42.3 Å². The molecule has 0 atom stereocenters. The van der Waals surface area contributed by atoms with Gasteiger partial charge in [0.25, 0.3) is 5.91 Å². The molecule has 1 aromatic heterocycles. The van der Waals surface area contributed by atoms with E-state index in [1.165, 1.54) is 0 Å². The summed E-state index contributed by atoms with van der Waals surface area (Å²) in [6.45, 7) is 2.36. The molecule has 0 bridgehead atoms. The van der Waals surface area contributed by atoms with Gasteiger partial charge in [0.1, 0.15) is 5.75 Å². The third-order valence-electron chi connectivity index (χ3n) is 3.77. The minimum absolute atomic E-state index is 0.173. The highest BCUT2D eigenvalue weighted by Gasteiger charge is 2.08. The Balaban J connectivity index is 1.49. The van der Waals surface area contributed by atoms with Crippen molar-refractivity contribution in [2.75, 3.05) is 6.54 Å². The molecule has 0 spiro atoms. The van der Waals surface area contributed by atoms with E-state index in [-0.39, 0.29) is 12.5 Å². The standard InChI is InChI=1S/C19H17Cl2N3O3/c1-12-23-17(24-27-12)11-26-15-7-5-14(6-8-15)19(25)22-10-9-13-3-2-4-16(20)18(13)21/h2-8H,9-11H2,1H3,(H,22,25). The first-order chi connectivity index (χ1) is 13.0. The van der Waals surface area contributed by atoms with Gasteiger partial charge in [-0.3, -0.25) is 4.79 Å². The van der Waals surface area contributed by atoms with E-state index >= 15 is 0 Å². The average Bonchev–Trinajstić information content (AvgIpc) is 3.09. The smallest absolute Gasteiger partial charge is 0.251 e. The van der Waals surface area contributed by atoms with Crippen molar-refractivity contribution in [1.82, 2.24) is 15.5 Å². The first kappa shape index (κ1) is 19.2. The first-order valence-corrected chi connectivity index (χ1v) is 9.01. The molecule has 0 aliphatic carbocycles. The molecule has 3 rings (SSSR count). The summed E-state index contributed by atoms with van der Waals surface area (Å²) in [7, 11) is 0. The zero-order chi connectivity index (χ0) is 19.2. The lowest BCUT2D eigenvalue weighted by atomic mass is 10.1. The summed E-state index contributed by atoms with van der Waals surface area (Å²) < 4.78 is 10.4. The minimum atomic E-state index is -0.173. The molecular formula is C19H17Cl2N3O3. The van der Waals surface area contributed by atoms with Gasteiger partial charge in [0.15, 0.2) is 6.61 Å². The Labute approximate surface area is 166 Å². The van der Waals surface area contributed by atoms with Crippen LogP contribution in [-0.4, -0.2) is 22.6 Å². The van der Waals surface area contributed by atoms with Crippen LogP contribution in [0.5, 0.6) is 5.75 Å². The van der Waals surface area contributed by atoms with Crippen molar-refractivity contribution in [3.8, 4) is 5.75 Å². The molecule has 1 amide bonds. The molecule has 140 valence electrons. The Bertz CT molecular complexity index is 926. The molecule has 27 heavy (non-hydrogen) atoms. The Hall–Kier alpha value is -2.57. The van der Waals surface area contributed by atoms with Gasteiger partial charge < -0.3 is 14.6 Å². The van der Waals surface area contributed by atoms with Gasteiger partial charge in [-0.25, -0.2) is 0 Å². The van der Waals surface area contributed by atoms with Crippen molar-refractivity contribution < 1.29 is 14.1 Å². The number of amides is 1. The van der Waals surface area contributed by atoms with E-state index in [4.69, 9.17) is 32.5 Å². The summed E-state index contributed by atoms with van der Waals surface area (Å²) in [6.07, 6.45) is 0.594. The highest BCUT2D eigenvalue weighted by Crippen LogP contribution is 2.25. The fourth-order valence-corrected chi connectivity index (χ4v) is 2.82. The number of carbonyl (C=O) groups excluding carboxylic acids is 1. The highest BCUT2D eigenvalue weighted by atomic mass is 35.5.